The Labute approximate surface area is 100 Å². The molecule has 0 heterocycles. The summed E-state index contributed by atoms with van der Waals surface area (Å²) in [5.74, 6) is 0. The molecular weight excluding hydrogens is 243 g/mol. The van der Waals surface area contributed by atoms with Crippen molar-refractivity contribution in [2.45, 2.75) is 32.5 Å². The van der Waals surface area contributed by atoms with E-state index in [9.17, 15) is 4.57 Å². The van der Waals surface area contributed by atoms with Gasteiger partial charge in [-0.15, -0.1) is 0 Å². The van der Waals surface area contributed by atoms with Crippen LogP contribution in [0.2, 0.25) is 0 Å². The third-order valence-corrected chi connectivity index (χ3v) is 12.2. The second kappa shape index (κ2) is 6.92. The normalized spacial score (nSPS) is 15.1. The highest BCUT2D eigenvalue weighted by Gasteiger charge is 2.53. The summed E-state index contributed by atoms with van der Waals surface area (Å²) in [5, 5.41) is -0.0880. The Kier molecular flexibility index (Phi) is 7.06. The highest BCUT2D eigenvalue weighted by Crippen LogP contribution is 2.54. The van der Waals surface area contributed by atoms with Gasteiger partial charge in [0.1, 0.15) is 0 Å². The summed E-state index contributed by atoms with van der Waals surface area (Å²) in [6, 6.07) is 0. The summed E-state index contributed by atoms with van der Waals surface area (Å²) in [4.78, 5) is 0. The van der Waals surface area contributed by atoms with E-state index < -0.39 is 15.9 Å². The summed E-state index contributed by atoms with van der Waals surface area (Å²) >= 11 is 0. The molecule has 0 amide bonds. The van der Waals surface area contributed by atoms with E-state index in [0.29, 0.717) is 12.3 Å². The first-order valence-electron chi connectivity index (χ1n) is 5.73. The summed E-state index contributed by atoms with van der Waals surface area (Å²) in [6.45, 7) is 5.95. The van der Waals surface area contributed by atoms with Gasteiger partial charge in [0.2, 0.25) is 0 Å². The Morgan fingerprint density at radius 3 is 1.56 bits per heavy atom. The van der Waals surface area contributed by atoms with Gasteiger partial charge < -0.3 is 17.8 Å². The van der Waals surface area contributed by atoms with Gasteiger partial charge in [-0.3, -0.25) is 0 Å². The summed E-state index contributed by atoms with van der Waals surface area (Å²) in [7, 11) is -0.320. The van der Waals surface area contributed by atoms with Gasteiger partial charge in [0.25, 0.3) is 0 Å². The molecule has 0 aliphatic rings. The molecule has 16 heavy (non-hydrogen) atoms. The third-order valence-electron chi connectivity index (χ3n) is 3.29. The first-order chi connectivity index (χ1) is 7.50. The van der Waals surface area contributed by atoms with Gasteiger partial charge in [0, 0.05) is 21.3 Å². The zero-order chi connectivity index (χ0) is 12.8. The van der Waals surface area contributed by atoms with Crippen LogP contribution in [0.5, 0.6) is 0 Å². The van der Waals surface area contributed by atoms with E-state index in [1.54, 1.807) is 21.3 Å². The average molecular weight is 268 g/mol. The van der Waals surface area contributed by atoms with Crippen LogP contribution in [0, 0.1) is 0 Å². The highest BCUT2D eigenvalue weighted by atomic mass is 31.2. The Bertz CT molecular complexity index is 227. The van der Waals surface area contributed by atoms with Gasteiger partial charge in [-0.2, -0.15) is 0 Å². The van der Waals surface area contributed by atoms with Crippen LogP contribution >= 0.6 is 7.14 Å². The van der Waals surface area contributed by atoms with Crippen molar-refractivity contribution >= 4 is 15.9 Å². The lowest BCUT2D eigenvalue weighted by atomic mass is 10.6. The Hall–Kier alpha value is 0.327. The van der Waals surface area contributed by atoms with Crippen molar-refractivity contribution in [2.75, 3.05) is 33.7 Å². The SMILES string of the molecule is CCC([Si](OC)(OC)OC)P(=O)(CC)CC. The van der Waals surface area contributed by atoms with Gasteiger partial charge in [-0.1, -0.05) is 20.8 Å². The summed E-state index contributed by atoms with van der Waals surface area (Å²) < 4.78 is 29.2. The minimum atomic E-state index is -2.79. The lowest BCUT2D eigenvalue weighted by Gasteiger charge is -2.36. The highest BCUT2D eigenvalue weighted by molar-refractivity contribution is 7.67. The van der Waals surface area contributed by atoms with Crippen LogP contribution in [0.15, 0.2) is 0 Å². The molecular formula is C10H25O4PSi. The van der Waals surface area contributed by atoms with Crippen LogP contribution in [0.4, 0.5) is 0 Å². The minimum absolute atomic E-state index is 0.0880. The van der Waals surface area contributed by atoms with E-state index in [-0.39, 0.29) is 5.28 Å². The van der Waals surface area contributed by atoms with Crippen molar-refractivity contribution in [1.82, 2.24) is 0 Å². The van der Waals surface area contributed by atoms with E-state index in [1.807, 2.05) is 20.8 Å². The molecule has 0 saturated heterocycles. The topological polar surface area (TPSA) is 44.8 Å². The van der Waals surface area contributed by atoms with E-state index in [4.69, 9.17) is 13.3 Å². The molecule has 4 nitrogen and oxygen atoms in total. The maximum absolute atomic E-state index is 12.8. The maximum atomic E-state index is 12.8. The number of rotatable bonds is 8. The van der Waals surface area contributed by atoms with Crippen molar-refractivity contribution in [2.24, 2.45) is 0 Å². The molecule has 0 aliphatic carbocycles. The molecule has 0 spiro atoms. The first-order valence-corrected chi connectivity index (χ1v) is 9.68. The van der Waals surface area contributed by atoms with E-state index in [2.05, 4.69) is 0 Å². The fourth-order valence-corrected chi connectivity index (χ4v) is 10.4. The van der Waals surface area contributed by atoms with Crippen LogP contribution in [-0.4, -0.2) is 47.7 Å². The molecule has 0 aromatic heterocycles. The third kappa shape index (κ3) is 2.96. The molecule has 1 atom stereocenters. The van der Waals surface area contributed by atoms with Crippen molar-refractivity contribution in [3.63, 3.8) is 0 Å². The van der Waals surface area contributed by atoms with Crippen LogP contribution in [0.3, 0.4) is 0 Å². The second-order valence-electron chi connectivity index (χ2n) is 3.72. The van der Waals surface area contributed by atoms with Crippen molar-refractivity contribution in [3.8, 4) is 0 Å². The molecule has 0 saturated carbocycles. The molecule has 0 aliphatic heterocycles. The number of hydrogen-bond acceptors (Lipinski definition) is 4. The number of hydrogen-bond donors (Lipinski definition) is 0. The standard InChI is InChI=1S/C10H25O4PSi/c1-7-10(15(11,8-2)9-3)16(12-4,13-5)14-6/h10H,7-9H2,1-6H3. The largest absolute Gasteiger partial charge is 0.511 e. The summed E-state index contributed by atoms with van der Waals surface area (Å²) in [6.07, 6.45) is 2.11. The van der Waals surface area contributed by atoms with E-state index >= 15 is 0 Å². The van der Waals surface area contributed by atoms with Gasteiger partial charge in [-0.25, -0.2) is 0 Å². The fourth-order valence-electron chi connectivity index (χ4n) is 2.19. The first kappa shape index (κ1) is 16.3. The molecule has 0 bridgehead atoms. The maximum Gasteiger partial charge on any atom is 0.511 e. The minimum Gasteiger partial charge on any atom is -0.376 e. The van der Waals surface area contributed by atoms with Crippen molar-refractivity contribution < 1.29 is 17.8 Å². The fraction of sp³-hybridized carbons (Fsp3) is 1.00. The Balaban J connectivity index is 5.30. The van der Waals surface area contributed by atoms with Crippen LogP contribution < -0.4 is 0 Å². The van der Waals surface area contributed by atoms with Crippen molar-refractivity contribution in [3.05, 3.63) is 0 Å². The molecule has 0 rings (SSSR count). The monoisotopic (exact) mass is 268 g/mol. The molecule has 0 radical (unpaired) electrons. The molecule has 1 unspecified atom stereocenters. The van der Waals surface area contributed by atoms with Crippen LogP contribution in [-0.2, 0) is 17.8 Å². The summed E-state index contributed by atoms with van der Waals surface area (Å²) in [5.41, 5.74) is 0. The lowest BCUT2D eigenvalue weighted by Crippen LogP contribution is -2.54. The lowest BCUT2D eigenvalue weighted by molar-refractivity contribution is 0.120. The van der Waals surface area contributed by atoms with E-state index in [1.165, 1.54) is 0 Å². The molecule has 0 aromatic carbocycles. The zero-order valence-corrected chi connectivity index (χ0v) is 13.2. The molecule has 0 N–H and O–H groups in total. The van der Waals surface area contributed by atoms with Gasteiger partial charge in [0.15, 0.2) is 0 Å². The van der Waals surface area contributed by atoms with Gasteiger partial charge >= 0.3 is 8.80 Å². The van der Waals surface area contributed by atoms with Crippen molar-refractivity contribution in [1.29, 1.82) is 0 Å². The predicted molar refractivity (Wildman–Crippen MR) is 69.5 cm³/mol. The van der Waals surface area contributed by atoms with E-state index in [0.717, 1.165) is 6.42 Å². The van der Waals surface area contributed by atoms with Gasteiger partial charge in [-0.05, 0) is 18.7 Å². The van der Waals surface area contributed by atoms with Crippen LogP contribution in [0.25, 0.3) is 0 Å². The van der Waals surface area contributed by atoms with Crippen LogP contribution in [0.1, 0.15) is 27.2 Å². The Morgan fingerprint density at radius 1 is 1.00 bits per heavy atom. The molecule has 6 heteroatoms. The van der Waals surface area contributed by atoms with Gasteiger partial charge in [0.05, 0.1) is 12.4 Å². The second-order valence-corrected chi connectivity index (χ2v) is 11.1. The molecule has 0 fully saturated rings. The predicted octanol–water partition coefficient (Wildman–Crippen LogP) is 2.59. The molecule has 0 aromatic rings. The Morgan fingerprint density at radius 2 is 1.38 bits per heavy atom. The quantitative estimate of drug-likeness (QED) is 0.501. The average Bonchev–Trinajstić information content (AvgIpc) is 2.35. The zero-order valence-electron chi connectivity index (χ0n) is 11.3. The molecule has 98 valence electrons. The smallest absolute Gasteiger partial charge is 0.376 e.